The summed E-state index contributed by atoms with van der Waals surface area (Å²) in [5.41, 5.74) is 2.56. The molecule has 4 unspecified atom stereocenters. The smallest absolute Gasteiger partial charge is 0.143 e. The van der Waals surface area contributed by atoms with E-state index in [-0.39, 0.29) is 6.04 Å². The van der Waals surface area contributed by atoms with Crippen LogP contribution >= 0.6 is 0 Å². The minimum absolute atomic E-state index is 0.336. The van der Waals surface area contributed by atoms with Gasteiger partial charge < -0.3 is 19.5 Å². The number of fused-ring (bicyclic) bond motifs is 2. The van der Waals surface area contributed by atoms with Gasteiger partial charge in [-0.1, -0.05) is 12.1 Å². The molecule has 3 heterocycles. The maximum atomic E-state index is 10.7. The first-order valence-electron chi connectivity index (χ1n) is 9.69. The van der Waals surface area contributed by atoms with Crippen molar-refractivity contribution in [1.29, 1.82) is 0 Å². The molecule has 1 aliphatic rings. The van der Waals surface area contributed by atoms with Crippen molar-refractivity contribution in [2.75, 3.05) is 0 Å². The van der Waals surface area contributed by atoms with Crippen molar-refractivity contribution in [2.45, 2.75) is 44.6 Å². The zero-order valence-corrected chi connectivity index (χ0v) is 16.2. The SMILES string of the molecule is Cc1cc2cccc(OC3CC(n4ccc5c(C)ncnc54)C(O)C3O)c2cn1. The number of nitrogens with zero attached hydrogens (tertiary/aromatic N) is 4. The van der Waals surface area contributed by atoms with Gasteiger partial charge in [0.25, 0.3) is 0 Å². The standard InChI is InChI=1S/C22H22N4O3/c1-12-8-14-4-3-5-18(16(14)10-23-12)29-19-9-17(20(27)21(19)28)26-7-6-15-13(2)24-11-25-22(15)26/h3-8,10-11,17,19-21,27-28H,9H2,1-2H3. The molecule has 1 fully saturated rings. The maximum absolute atomic E-state index is 10.7. The number of aliphatic hydroxyl groups is 2. The molecule has 3 aromatic heterocycles. The number of pyridine rings is 1. The quantitative estimate of drug-likeness (QED) is 0.559. The van der Waals surface area contributed by atoms with Crippen LogP contribution in [0.15, 0.2) is 49.1 Å². The number of hydrogen-bond donors (Lipinski definition) is 2. The molecule has 0 amide bonds. The minimum Gasteiger partial charge on any atom is -0.487 e. The van der Waals surface area contributed by atoms with E-state index in [4.69, 9.17) is 4.74 Å². The van der Waals surface area contributed by atoms with Crippen LogP contribution in [0.4, 0.5) is 0 Å². The molecule has 7 heteroatoms. The zero-order chi connectivity index (χ0) is 20.1. The maximum Gasteiger partial charge on any atom is 0.143 e. The summed E-state index contributed by atoms with van der Waals surface area (Å²) in [6.07, 6.45) is 3.15. The third-order valence-electron chi connectivity index (χ3n) is 5.80. The Morgan fingerprint density at radius 3 is 2.76 bits per heavy atom. The Kier molecular flexibility index (Phi) is 4.22. The Bertz CT molecular complexity index is 1210. The van der Waals surface area contributed by atoms with Crippen molar-refractivity contribution in [3.8, 4) is 5.75 Å². The van der Waals surface area contributed by atoms with Crippen molar-refractivity contribution in [2.24, 2.45) is 0 Å². The lowest BCUT2D eigenvalue weighted by atomic mass is 10.1. The highest BCUT2D eigenvalue weighted by Crippen LogP contribution is 2.37. The fraction of sp³-hybridized carbons (Fsp3) is 0.318. The van der Waals surface area contributed by atoms with Gasteiger partial charge in [-0.05, 0) is 37.4 Å². The molecule has 1 aliphatic carbocycles. The fourth-order valence-corrected chi connectivity index (χ4v) is 4.24. The van der Waals surface area contributed by atoms with Gasteiger partial charge in [-0.15, -0.1) is 0 Å². The van der Waals surface area contributed by atoms with Crippen LogP contribution in [0.2, 0.25) is 0 Å². The van der Waals surface area contributed by atoms with E-state index in [0.29, 0.717) is 12.2 Å². The molecule has 0 spiro atoms. The van der Waals surface area contributed by atoms with Gasteiger partial charge in [0, 0.05) is 35.3 Å². The molecule has 7 nitrogen and oxygen atoms in total. The van der Waals surface area contributed by atoms with Gasteiger partial charge in [-0.2, -0.15) is 0 Å². The number of aliphatic hydroxyl groups excluding tert-OH is 2. The molecule has 148 valence electrons. The van der Waals surface area contributed by atoms with Crippen molar-refractivity contribution >= 4 is 21.8 Å². The highest BCUT2D eigenvalue weighted by atomic mass is 16.5. The molecule has 5 rings (SSSR count). The average Bonchev–Trinajstić information content (AvgIpc) is 3.25. The highest BCUT2D eigenvalue weighted by molar-refractivity contribution is 5.87. The number of hydrogen-bond acceptors (Lipinski definition) is 6. The largest absolute Gasteiger partial charge is 0.487 e. The third-order valence-corrected chi connectivity index (χ3v) is 5.80. The zero-order valence-electron chi connectivity index (χ0n) is 16.2. The summed E-state index contributed by atoms with van der Waals surface area (Å²) in [5.74, 6) is 0.655. The van der Waals surface area contributed by atoms with Crippen LogP contribution in [-0.2, 0) is 0 Å². The number of aryl methyl sites for hydroxylation is 2. The predicted molar refractivity (Wildman–Crippen MR) is 109 cm³/mol. The number of ether oxygens (including phenoxy) is 1. The average molecular weight is 390 g/mol. The highest BCUT2D eigenvalue weighted by Gasteiger charge is 2.44. The first kappa shape index (κ1) is 18.0. The van der Waals surface area contributed by atoms with Crippen LogP contribution in [0, 0.1) is 13.8 Å². The molecular weight excluding hydrogens is 368 g/mol. The predicted octanol–water partition coefficient (Wildman–Crippen LogP) is 2.71. The summed E-state index contributed by atoms with van der Waals surface area (Å²) in [6.45, 7) is 3.87. The Morgan fingerprint density at radius 1 is 1.03 bits per heavy atom. The van der Waals surface area contributed by atoms with E-state index in [1.807, 2.05) is 54.9 Å². The van der Waals surface area contributed by atoms with Gasteiger partial charge in [0.1, 0.15) is 36.0 Å². The van der Waals surface area contributed by atoms with Gasteiger partial charge in [-0.25, -0.2) is 9.97 Å². The van der Waals surface area contributed by atoms with E-state index < -0.39 is 18.3 Å². The first-order chi connectivity index (χ1) is 14.0. The normalized spacial score (nSPS) is 24.4. The molecule has 0 radical (unpaired) electrons. The third kappa shape index (κ3) is 2.94. The molecular formula is C22H22N4O3. The van der Waals surface area contributed by atoms with E-state index >= 15 is 0 Å². The summed E-state index contributed by atoms with van der Waals surface area (Å²) in [6, 6.07) is 9.40. The van der Waals surface area contributed by atoms with Crippen molar-refractivity contribution < 1.29 is 14.9 Å². The van der Waals surface area contributed by atoms with Crippen LogP contribution in [0.1, 0.15) is 23.9 Å². The van der Waals surface area contributed by atoms with E-state index in [0.717, 1.165) is 33.2 Å². The van der Waals surface area contributed by atoms with Crippen LogP contribution < -0.4 is 4.74 Å². The van der Waals surface area contributed by atoms with E-state index in [2.05, 4.69) is 15.0 Å². The summed E-state index contributed by atoms with van der Waals surface area (Å²) in [5, 5.41) is 24.3. The van der Waals surface area contributed by atoms with Gasteiger partial charge in [0.15, 0.2) is 0 Å². The molecule has 0 saturated heterocycles. The number of rotatable bonds is 3. The molecule has 4 aromatic rings. The van der Waals surface area contributed by atoms with E-state index in [1.54, 1.807) is 6.20 Å². The topological polar surface area (TPSA) is 93.3 Å². The Labute approximate surface area is 167 Å². The van der Waals surface area contributed by atoms with Crippen LogP contribution in [0.25, 0.3) is 21.8 Å². The van der Waals surface area contributed by atoms with Gasteiger partial charge >= 0.3 is 0 Å². The van der Waals surface area contributed by atoms with Gasteiger partial charge in [0.05, 0.1) is 11.7 Å². The lowest BCUT2D eigenvalue weighted by Crippen LogP contribution is -2.34. The molecule has 29 heavy (non-hydrogen) atoms. The second kappa shape index (κ2) is 6.79. The van der Waals surface area contributed by atoms with E-state index in [9.17, 15) is 10.2 Å². The van der Waals surface area contributed by atoms with Crippen LogP contribution in [-0.4, -0.2) is 48.0 Å². The Balaban J connectivity index is 1.47. The van der Waals surface area contributed by atoms with Crippen LogP contribution in [0.3, 0.4) is 0 Å². The second-order valence-electron chi connectivity index (χ2n) is 7.66. The Morgan fingerprint density at radius 2 is 1.90 bits per heavy atom. The van der Waals surface area contributed by atoms with Crippen molar-refractivity contribution in [1.82, 2.24) is 19.5 Å². The molecule has 1 saturated carbocycles. The molecule has 0 bridgehead atoms. The van der Waals surface area contributed by atoms with Gasteiger partial charge in [0.2, 0.25) is 0 Å². The summed E-state index contributed by atoms with van der Waals surface area (Å²) in [4.78, 5) is 13.0. The number of benzene rings is 1. The lowest BCUT2D eigenvalue weighted by molar-refractivity contribution is -0.0160. The first-order valence-corrected chi connectivity index (χ1v) is 9.69. The van der Waals surface area contributed by atoms with Crippen molar-refractivity contribution in [3.63, 3.8) is 0 Å². The molecule has 1 aromatic carbocycles. The fourth-order valence-electron chi connectivity index (χ4n) is 4.24. The summed E-state index contributed by atoms with van der Waals surface area (Å²) in [7, 11) is 0. The monoisotopic (exact) mass is 390 g/mol. The summed E-state index contributed by atoms with van der Waals surface area (Å²) < 4.78 is 8.09. The molecule has 2 N–H and O–H groups in total. The van der Waals surface area contributed by atoms with Crippen LogP contribution in [0.5, 0.6) is 5.75 Å². The minimum atomic E-state index is -1.01. The second-order valence-corrected chi connectivity index (χ2v) is 7.66. The Hall–Kier alpha value is -3.03. The number of aromatic nitrogens is 4. The molecule has 4 atom stereocenters. The summed E-state index contributed by atoms with van der Waals surface area (Å²) >= 11 is 0. The molecule has 0 aliphatic heterocycles. The van der Waals surface area contributed by atoms with Crippen molar-refractivity contribution in [3.05, 3.63) is 60.4 Å². The van der Waals surface area contributed by atoms with Gasteiger partial charge in [-0.3, -0.25) is 4.98 Å². The lowest BCUT2D eigenvalue weighted by Gasteiger charge is -2.19. The van der Waals surface area contributed by atoms with E-state index in [1.165, 1.54) is 6.33 Å².